The number of aryl methyl sites for hydroxylation is 1. The molecule has 0 fully saturated rings. The SMILES string of the molecule is CCNC(Cc1cn2ccsc2n1)Cc1nc(C)cs1. The van der Waals surface area contributed by atoms with Gasteiger partial charge in [-0.1, -0.05) is 6.92 Å². The fourth-order valence-electron chi connectivity index (χ4n) is 2.34. The Hall–Kier alpha value is -1.24. The molecule has 3 aromatic heterocycles. The zero-order valence-corrected chi connectivity index (χ0v) is 13.3. The van der Waals surface area contributed by atoms with Gasteiger partial charge < -0.3 is 5.32 Å². The van der Waals surface area contributed by atoms with Crippen LogP contribution in [-0.2, 0) is 12.8 Å². The van der Waals surface area contributed by atoms with E-state index in [0.29, 0.717) is 6.04 Å². The number of aromatic nitrogens is 3. The van der Waals surface area contributed by atoms with E-state index in [1.54, 1.807) is 22.7 Å². The lowest BCUT2D eigenvalue weighted by Crippen LogP contribution is -2.33. The van der Waals surface area contributed by atoms with E-state index in [4.69, 9.17) is 0 Å². The topological polar surface area (TPSA) is 42.2 Å². The molecule has 3 rings (SSSR count). The van der Waals surface area contributed by atoms with Crippen LogP contribution in [0.25, 0.3) is 4.96 Å². The summed E-state index contributed by atoms with van der Waals surface area (Å²) >= 11 is 3.42. The molecule has 0 bridgehead atoms. The van der Waals surface area contributed by atoms with Gasteiger partial charge in [-0.3, -0.25) is 4.40 Å². The van der Waals surface area contributed by atoms with Gasteiger partial charge in [0.2, 0.25) is 0 Å². The number of hydrogen-bond acceptors (Lipinski definition) is 5. The largest absolute Gasteiger partial charge is 0.313 e. The molecule has 0 aliphatic heterocycles. The monoisotopic (exact) mass is 306 g/mol. The highest BCUT2D eigenvalue weighted by atomic mass is 32.1. The Morgan fingerprint density at radius 2 is 2.20 bits per heavy atom. The van der Waals surface area contributed by atoms with Crippen LogP contribution in [0, 0.1) is 6.92 Å². The Balaban J connectivity index is 1.71. The summed E-state index contributed by atoms with van der Waals surface area (Å²) in [6.07, 6.45) is 6.10. The van der Waals surface area contributed by atoms with Crippen LogP contribution in [0.3, 0.4) is 0 Å². The summed E-state index contributed by atoms with van der Waals surface area (Å²) in [6, 6.07) is 0.398. The molecule has 3 aromatic rings. The second-order valence-corrected chi connectivity index (χ2v) is 6.69. The highest BCUT2D eigenvalue weighted by Crippen LogP contribution is 2.16. The van der Waals surface area contributed by atoms with Gasteiger partial charge in [0.15, 0.2) is 4.96 Å². The van der Waals surface area contributed by atoms with Gasteiger partial charge in [0.05, 0.1) is 10.7 Å². The Morgan fingerprint density at radius 1 is 1.30 bits per heavy atom. The van der Waals surface area contributed by atoms with Gasteiger partial charge in [0, 0.05) is 47.7 Å². The molecule has 3 heterocycles. The molecule has 1 atom stereocenters. The van der Waals surface area contributed by atoms with Crippen molar-refractivity contribution in [2.75, 3.05) is 6.54 Å². The van der Waals surface area contributed by atoms with Crippen molar-refractivity contribution >= 4 is 27.6 Å². The fourth-order valence-corrected chi connectivity index (χ4v) is 3.91. The standard InChI is InChI=1S/C14H18N4S2/c1-3-15-11(7-13-16-10(2)9-20-13)6-12-8-18-4-5-19-14(18)17-12/h4-5,8-9,11,15H,3,6-7H2,1-2H3. The first-order chi connectivity index (χ1) is 9.74. The molecule has 0 amide bonds. The Morgan fingerprint density at radius 3 is 2.90 bits per heavy atom. The van der Waals surface area contributed by atoms with Gasteiger partial charge in [0.1, 0.15) is 0 Å². The van der Waals surface area contributed by atoms with Gasteiger partial charge in [-0.05, 0) is 13.5 Å². The molecule has 1 unspecified atom stereocenters. The van der Waals surface area contributed by atoms with E-state index >= 15 is 0 Å². The molecule has 20 heavy (non-hydrogen) atoms. The van der Waals surface area contributed by atoms with Crippen molar-refractivity contribution in [2.45, 2.75) is 32.7 Å². The maximum absolute atomic E-state index is 4.67. The Labute approximate surface area is 126 Å². The number of fused-ring (bicyclic) bond motifs is 1. The number of rotatable bonds is 6. The molecule has 1 N–H and O–H groups in total. The molecule has 0 saturated carbocycles. The minimum Gasteiger partial charge on any atom is -0.313 e. The van der Waals surface area contributed by atoms with Crippen LogP contribution in [0.4, 0.5) is 0 Å². The van der Waals surface area contributed by atoms with Gasteiger partial charge >= 0.3 is 0 Å². The quantitative estimate of drug-likeness (QED) is 0.761. The van der Waals surface area contributed by atoms with Gasteiger partial charge in [0.25, 0.3) is 0 Å². The first-order valence-electron chi connectivity index (χ1n) is 6.80. The molecule has 6 heteroatoms. The number of thiazole rings is 2. The van der Waals surface area contributed by atoms with Crippen LogP contribution in [0.2, 0.25) is 0 Å². The molecule has 106 valence electrons. The Bertz CT molecular complexity index is 654. The molecule has 4 nitrogen and oxygen atoms in total. The van der Waals surface area contributed by atoms with Crippen molar-refractivity contribution < 1.29 is 0 Å². The van der Waals surface area contributed by atoms with E-state index in [1.165, 1.54) is 5.01 Å². The summed E-state index contributed by atoms with van der Waals surface area (Å²) in [6.45, 7) is 5.16. The van der Waals surface area contributed by atoms with E-state index in [0.717, 1.165) is 35.7 Å². The van der Waals surface area contributed by atoms with Crippen molar-refractivity contribution in [2.24, 2.45) is 0 Å². The molecular weight excluding hydrogens is 288 g/mol. The maximum Gasteiger partial charge on any atom is 0.193 e. The number of hydrogen-bond donors (Lipinski definition) is 1. The van der Waals surface area contributed by atoms with E-state index in [1.807, 2.05) is 6.92 Å². The second kappa shape index (κ2) is 6.03. The van der Waals surface area contributed by atoms with Crippen LogP contribution < -0.4 is 5.32 Å². The predicted octanol–water partition coefficient (Wildman–Crippen LogP) is 2.92. The van der Waals surface area contributed by atoms with Gasteiger partial charge in [-0.2, -0.15) is 0 Å². The van der Waals surface area contributed by atoms with E-state index in [2.05, 4.69) is 49.8 Å². The van der Waals surface area contributed by atoms with E-state index in [9.17, 15) is 0 Å². The molecular formula is C14H18N4S2. The van der Waals surface area contributed by atoms with Crippen LogP contribution in [0.5, 0.6) is 0 Å². The van der Waals surface area contributed by atoms with Crippen LogP contribution >= 0.6 is 22.7 Å². The first kappa shape index (κ1) is 13.7. The van der Waals surface area contributed by atoms with Gasteiger partial charge in [-0.15, -0.1) is 22.7 Å². The molecule has 0 saturated heterocycles. The minimum atomic E-state index is 0.398. The summed E-state index contributed by atoms with van der Waals surface area (Å²) in [5.74, 6) is 0. The lowest BCUT2D eigenvalue weighted by molar-refractivity contribution is 0.516. The summed E-state index contributed by atoms with van der Waals surface area (Å²) in [7, 11) is 0. The van der Waals surface area contributed by atoms with Gasteiger partial charge in [-0.25, -0.2) is 9.97 Å². The van der Waals surface area contributed by atoms with E-state index < -0.39 is 0 Å². The fraction of sp³-hybridized carbons (Fsp3) is 0.429. The summed E-state index contributed by atoms with van der Waals surface area (Å²) < 4.78 is 2.09. The summed E-state index contributed by atoms with van der Waals surface area (Å²) in [5, 5.41) is 8.93. The van der Waals surface area contributed by atoms with Crippen molar-refractivity contribution in [1.82, 2.24) is 19.7 Å². The third-order valence-electron chi connectivity index (χ3n) is 3.18. The number of nitrogens with one attached hydrogen (secondary N) is 1. The average molecular weight is 306 g/mol. The normalized spacial score (nSPS) is 13.1. The third-order valence-corrected chi connectivity index (χ3v) is 4.94. The summed E-state index contributed by atoms with van der Waals surface area (Å²) in [4.78, 5) is 10.3. The molecule has 0 radical (unpaired) electrons. The molecule has 0 aliphatic carbocycles. The minimum absolute atomic E-state index is 0.398. The lowest BCUT2D eigenvalue weighted by Gasteiger charge is -2.15. The zero-order chi connectivity index (χ0) is 13.9. The highest BCUT2D eigenvalue weighted by Gasteiger charge is 2.14. The lowest BCUT2D eigenvalue weighted by atomic mass is 10.1. The average Bonchev–Trinajstić information content (AvgIpc) is 3.06. The smallest absolute Gasteiger partial charge is 0.193 e. The van der Waals surface area contributed by atoms with Crippen molar-refractivity contribution in [3.63, 3.8) is 0 Å². The van der Waals surface area contributed by atoms with Crippen LogP contribution in [0.15, 0.2) is 23.2 Å². The zero-order valence-electron chi connectivity index (χ0n) is 11.7. The van der Waals surface area contributed by atoms with Crippen LogP contribution in [-0.4, -0.2) is 27.0 Å². The van der Waals surface area contributed by atoms with Crippen molar-refractivity contribution in [1.29, 1.82) is 0 Å². The third kappa shape index (κ3) is 3.08. The summed E-state index contributed by atoms with van der Waals surface area (Å²) in [5.41, 5.74) is 2.26. The first-order valence-corrected chi connectivity index (χ1v) is 8.56. The molecule has 0 spiro atoms. The van der Waals surface area contributed by atoms with Crippen molar-refractivity contribution in [3.8, 4) is 0 Å². The number of nitrogens with zero attached hydrogens (tertiary/aromatic N) is 3. The Kier molecular flexibility index (Phi) is 4.14. The predicted molar refractivity (Wildman–Crippen MR) is 84.8 cm³/mol. The maximum atomic E-state index is 4.67. The number of imidazole rings is 1. The highest BCUT2D eigenvalue weighted by molar-refractivity contribution is 7.15. The molecule has 0 aromatic carbocycles. The van der Waals surface area contributed by atoms with Crippen molar-refractivity contribution in [3.05, 3.63) is 39.5 Å². The second-order valence-electron chi connectivity index (χ2n) is 4.87. The number of likely N-dealkylation sites (N-methyl/N-ethyl adjacent to an activating group) is 1. The molecule has 0 aliphatic rings. The van der Waals surface area contributed by atoms with Crippen LogP contribution in [0.1, 0.15) is 23.3 Å². The van der Waals surface area contributed by atoms with E-state index in [-0.39, 0.29) is 0 Å².